The molecule has 4 nitrogen and oxygen atoms in total. The Hall–Kier alpha value is -1.49. The number of carbonyl (C=O) groups excluding carboxylic acids is 1. The van der Waals surface area contributed by atoms with E-state index in [-0.39, 0.29) is 18.1 Å². The second-order valence-corrected chi connectivity index (χ2v) is 4.33. The van der Waals surface area contributed by atoms with Crippen molar-refractivity contribution >= 4 is 5.91 Å². The van der Waals surface area contributed by atoms with E-state index in [4.69, 9.17) is 0 Å². The Morgan fingerprint density at radius 1 is 1.35 bits per heavy atom. The van der Waals surface area contributed by atoms with Crippen LogP contribution in [0.5, 0.6) is 0 Å². The van der Waals surface area contributed by atoms with Gasteiger partial charge in [0.05, 0.1) is 12.6 Å². The topological polar surface area (TPSA) is 36.4 Å². The van der Waals surface area contributed by atoms with Crippen LogP contribution in [0.4, 0.5) is 4.39 Å². The van der Waals surface area contributed by atoms with Crippen molar-refractivity contribution in [3.8, 4) is 0 Å². The van der Waals surface area contributed by atoms with Gasteiger partial charge in [0.1, 0.15) is 5.82 Å². The first-order valence-electron chi connectivity index (χ1n) is 5.72. The van der Waals surface area contributed by atoms with Crippen molar-refractivity contribution in [2.45, 2.75) is 6.42 Å². The van der Waals surface area contributed by atoms with E-state index in [1.165, 1.54) is 6.07 Å². The lowest BCUT2D eigenvalue weighted by molar-refractivity contribution is -0.132. The van der Waals surface area contributed by atoms with Gasteiger partial charge in [-0.25, -0.2) is 4.39 Å². The Morgan fingerprint density at radius 3 is 2.65 bits per heavy atom. The quantitative estimate of drug-likeness (QED) is 0.753. The average Bonchev–Trinajstić information content (AvgIpc) is 2.33. The lowest BCUT2D eigenvalue weighted by Crippen LogP contribution is -2.47. The second-order valence-electron chi connectivity index (χ2n) is 4.33. The van der Waals surface area contributed by atoms with Gasteiger partial charge >= 0.3 is 0 Å². The number of piperazine rings is 1. The molecule has 1 fully saturated rings. The zero-order valence-corrected chi connectivity index (χ0v) is 9.90. The Balaban J connectivity index is 1.90. The third-order valence-corrected chi connectivity index (χ3v) is 2.98. The molecule has 92 valence electrons. The SMILES string of the molecule is CN1CCN(C(=O)Cc2ccc(F)cn2)CC1. The van der Waals surface area contributed by atoms with E-state index >= 15 is 0 Å². The van der Waals surface area contributed by atoms with Crippen LogP contribution in [-0.2, 0) is 11.2 Å². The fourth-order valence-corrected chi connectivity index (χ4v) is 1.83. The molecule has 0 unspecified atom stereocenters. The van der Waals surface area contributed by atoms with E-state index < -0.39 is 0 Å². The molecule has 1 saturated heterocycles. The molecule has 0 N–H and O–H groups in total. The van der Waals surface area contributed by atoms with Crippen molar-refractivity contribution in [3.63, 3.8) is 0 Å². The highest BCUT2D eigenvalue weighted by molar-refractivity contribution is 5.78. The van der Waals surface area contributed by atoms with Gasteiger partial charge < -0.3 is 9.80 Å². The van der Waals surface area contributed by atoms with Crippen molar-refractivity contribution in [2.24, 2.45) is 0 Å². The predicted octanol–water partition coefficient (Wildman–Crippen LogP) is 0.537. The largest absolute Gasteiger partial charge is 0.340 e. The fourth-order valence-electron chi connectivity index (χ4n) is 1.83. The summed E-state index contributed by atoms with van der Waals surface area (Å²) in [5.41, 5.74) is 0.621. The molecule has 1 amide bonds. The van der Waals surface area contributed by atoms with E-state index in [2.05, 4.69) is 9.88 Å². The van der Waals surface area contributed by atoms with E-state index in [0.29, 0.717) is 5.69 Å². The summed E-state index contributed by atoms with van der Waals surface area (Å²) in [7, 11) is 2.04. The first-order chi connectivity index (χ1) is 8.15. The minimum Gasteiger partial charge on any atom is -0.340 e. The van der Waals surface area contributed by atoms with Crippen LogP contribution in [0.15, 0.2) is 18.3 Å². The van der Waals surface area contributed by atoms with E-state index in [1.807, 2.05) is 11.9 Å². The lowest BCUT2D eigenvalue weighted by atomic mass is 10.2. The summed E-state index contributed by atoms with van der Waals surface area (Å²) in [6.07, 6.45) is 1.40. The minimum absolute atomic E-state index is 0.0669. The van der Waals surface area contributed by atoms with Crippen LogP contribution in [0.25, 0.3) is 0 Å². The number of likely N-dealkylation sites (N-methyl/N-ethyl adjacent to an activating group) is 1. The van der Waals surface area contributed by atoms with Crippen molar-refractivity contribution < 1.29 is 9.18 Å². The van der Waals surface area contributed by atoms with Crippen molar-refractivity contribution in [1.29, 1.82) is 0 Å². The van der Waals surface area contributed by atoms with Gasteiger partial charge in [-0.2, -0.15) is 0 Å². The molecule has 0 bridgehead atoms. The monoisotopic (exact) mass is 237 g/mol. The Morgan fingerprint density at radius 2 is 2.06 bits per heavy atom. The highest BCUT2D eigenvalue weighted by atomic mass is 19.1. The van der Waals surface area contributed by atoms with Gasteiger partial charge in [-0.15, -0.1) is 0 Å². The molecule has 0 atom stereocenters. The van der Waals surface area contributed by atoms with Crippen LogP contribution >= 0.6 is 0 Å². The number of aromatic nitrogens is 1. The predicted molar refractivity (Wildman–Crippen MR) is 62.0 cm³/mol. The molecule has 0 aliphatic carbocycles. The molecule has 2 heterocycles. The molecule has 0 aromatic carbocycles. The molecule has 1 aromatic heterocycles. The number of pyridine rings is 1. The van der Waals surface area contributed by atoms with E-state index in [9.17, 15) is 9.18 Å². The van der Waals surface area contributed by atoms with Crippen molar-refractivity contribution in [3.05, 3.63) is 29.8 Å². The van der Waals surface area contributed by atoms with Crippen LogP contribution in [-0.4, -0.2) is 53.9 Å². The van der Waals surface area contributed by atoms with Gasteiger partial charge in [0.25, 0.3) is 0 Å². The Kier molecular flexibility index (Phi) is 3.68. The van der Waals surface area contributed by atoms with Crippen LogP contribution in [0, 0.1) is 5.82 Å². The standard InChI is InChI=1S/C12H16FN3O/c1-15-4-6-16(7-5-15)12(17)8-11-3-2-10(13)9-14-11/h2-3,9H,4-8H2,1H3. The highest BCUT2D eigenvalue weighted by Crippen LogP contribution is 2.05. The zero-order chi connectivity index (χ0) is 12.3. The molecule has 17 heavy (non-hydrogen) atoms. The number of carbonyl (C=O) groups is 1. The van der Waals surface area contributed by atoms with Gasteiger partial charge in [-0.1, -0.05) is 0 Å². The minimum atomic E-state index is -0.374. The first-order valence-corrected chi connectivity index (χ1v) is 5.72. The number of halogens is 1. The Bertz CT molecular complexity index is 385. The van der Waals surface area contributed by atoms with Crippen molar-refractivity contribution in [1.82, 2.24) is 14.8 Å². The van der Waals surface area contributed by atoms with Gasteiger partial charge in [0, 0.05) is 31.9 Å². The number of nitrogens with zero attached hydrogens (tertiary/aromatic N) is 3. The summed E-state index contributed by atoms with van der Waals surface area (Å²) >= 11 is 0. The maximum absolute atomic E-state index is 12.7. The molecule has 0 radical (unpaired) electrons. The molecular formula is C12H16FN3O. The van der Waals surface area contributed by atoms with Gasteiger partial charge in [-0.05, 0) is 19.2 Å². The average molecular weight is 237 g/mol. The first kappa shape index (κ1) is 12.0. The zero-order valence-electron chi connectivity index (χ0n) is 9.90. The van der Waals surface area contributed by atoms with Crippen LogP contribution in [0.1, 0.15) is 5.69 Å². The molecule has 1 aliphatic rings. The molecule has 0 spiro atoms. The highest BCUT2D eigenvalue weighted by Gasteiger charge is 2.19. The summed E-state index contributed by atoms with van der Waals surface area (Å²) < 4.78 is 12.7. The number of hydrogen-bond acceptors (Lipinski definition) is 3. The summed E-state index contributed by atoms with van der Waals surface area (Å²) in [6, 6.07) is 2.89. The fraction of sp³-hybridized carbons (Fsp3) is 0.500. The van der Waals surface area contributed by atoms with Crippen LogP contribution < -0.4 is 0 Å². The molecular weight excluding hydrogens is 221 g/mol. The second kappa shape index (κ2) is 5.23. The maximum atomic E-state index is 12.7. The molecule has 5 heteroatoms. The smallest absolute Gasteiger partial charge is 0.228 e. The normalized spacial score (nSPS) is 17.2. The molecule has 0 saturated carbocycles. The van der Waals surface area contributed by atoms with Crippen LogP contribution in [0.3, 0.4) is 0 Å². The molecule has 1 aromatic rings. The summed E-state index contributed by atoms with van der Waals surface area (Å²) in [6.45, 7) is 3.33. The third kappa shape index (κ3) is 3.23. The lowest BCUT2D eigenvalue weighted by Gasteiger charge is -2.32. The van der Waals surface area contributed by atoms with E-state index in [1.54, 1.807) is 6.07 Å². The third-order valence-electron chi connectivity index (χ3n) is 2.98. The summed E-state index contributed by atoms with van der Waals surface area (Å²) in [4.78, 5) is 19.9. The number of rotatable bonds is 2. The summed E-state index contributed by atoms with van der Waals surface area (Å²) in [5.74, 6) is -0.307. The maximum Gasteiger partial charge on any atom is 0.228 e. The number of amides is 1. The van der Waals surface area contributed by atoms with E-state index in [0.717, 1.165) is 32.4 Å². The summed E-state index contributed by atoms with van der Waals surface area (Å²) in [5, 5.41) is 0. The molecule has 2 rings (SSSR count). The van der Waals surface area contributed by atoms with Crippen LogP contribution in [0.2, 0.25) is 0 Å². The van der Waals surface area contributed by atoms with Crippen molar-refractivity contribution in [2.75, 3.05) is 33.2 Å². The van der Waals surface area contributed by atoms with Gasteiger partial charge in [-0.3, -0.25) is 9.78 Å². The number of hydrogen-bond donors (Lipinski definition) is 0. The van der Waals surface area contributed by atoms with Gasteiger partial charge in [0.15, 0.2) is 0 Å². The van der Waals surface area contributed by atoms with Gasteiger partial charge in [0.2, 0.25) is 5.91 Å². The Labute approximate surface area is 100 Å². The molecule has 1 aliphatic heterocycles.